The van der Waals surface area contributed by atoms with E-state index in [9.17, 15) is 15.0 Å². The number of methoxy groups -OCH3 is 1. The molecule has 3 rings (SSSR count). The molecule has 0 saturated heterocycles. The van der Waals surface area contributed by atoms with Crippen LogP contribution in [0.2, 0.25) is 0 Å². The standard InChI is InChI=1S/C26H35NO6/c1-18-8-10-20(11-9-18)16-32-23-15-26(14-22(28)24(23)29,25(30)27-12-13-31-3)33-17-21-7-5-4-6-19(21)2/h4-11,22-24,28-29H,12-17H2,1-3H3,(H,27,30)/t22-,23?,24-,26+/m1/s1. The number of carbonyl (C=O) groups is 1. The molecule has 1 amide bonds. The number of hydrogen-bond donors (Lipinski definition) is 3. The van der Waals surface area contributed by atoms with Crippen LogP contribution in [0.4, 0.5) is 0 Å². The summed E-state index contributed by atoms with van der Waals surface area (Å²) in [5.74, 6) is -0.344. The summed E-state index contributed by atoms with van der Waals surface area (Å²) in [5, 5.41) is 24.2. The number of amides is 1. The third-order valence-corrected chi connectivity index (χ3v) is 6.20. The van der Waals surface area contributed by atoms with Gasteiger partial charge in [-0.1, -0.05) is 54.1 Å². The zero-order valence-electron chi connectivity index (χ0n) is 19.6. The van der Waals surface area contributed by atoms with Crippen LogP contribution < -0.4 is 5.32 Å². The molecule has 7 heteroatoms. The molecule has 2 aromatic rings. The van der Waals surface area contributed by atoms with E-state index in [2.05, 4.69) is 5.32 Å². The van der Waals surface area contributed by atoms with E-state index in [0.29, 0.717) is 13.2 Å². The summed E-state index contributed by atoms with van der Waals surface area (Å²) < 4.78 is 17.3. The van der Waals surface area contributed by atoms with Gasteiger partial charge in [-0.15, -0.1) is 0 Å². The van der Waals surface area contributed by atoms with Crippen LogP contribution >= 0.6 is 0 Å². The Morgan fingerprint density at radius 1 is 1.06 bits per heavy atom. The summed E-state index contributed by atoms with van der Waals surface area (Å²) in [6.45, 7) is 5.13. The fourth-order valence-electron chi connectivity index (χ4n) is 4.06. The maximum absolute atomic E-state index is 13.3. The van der Waals surface area contributed by atoms with Crippen molar-refractivity contribution in [3.05, 3.63) is 70.8 Å². The molecular formula is C26H35NO6. The fourth-order valence-corrected chi connectivity index (χ4v) is 4.06. The molecule has 33 heavy (non-hydrogen) atoms. The van der Waals surface area contributed by atoms with Gasteiger partial charge in [0.25, 0.3) is 5.91 Å². The Bertz CT molecular complexity index is 902. The second kappa shape index (κ2) is 11.7. The molecule has 2 aromatic carbocycles. The van der Waals surface area contributed by atoms with Gasteiger partial charge in [0.2, 0.25) is 0 Å². The van der Waals surface area contributed by atoms with Gasteiger partial charge < -0.3 is 29.7 Å². The lowest BCUT2D eigenvalue weighted by molar-refractivity contribution is -0.200. The quantitative estimate of drug-likeness (QED) is 0.474. The Balaban J connectivity index is 1.78. The zero-order valence-corrected chi connectivity index (χ0v) is 19.6. The number of rotatable bonds is 10. The summed E-state index contributed by atoms with van der Waals surface area (Å²) >= 11 is 0. The van der Waals surface area contributed by atoms with E-state index in [1.807, 2.05) is 62.4 Å². The van der Waals surface area contributed by atoms with Crippen molar-refractivity contribution in [1.82, 2.24) is 5.32 Å². The first-order valence-electron chi connectivity index (χ1n) is 11.3. The molecule has 1 aliphatic rings. The minimum atomic E-state index is -1.34. The van der Waals surface area contributed by atoms with Crippen LogP contribution in [-0.2, 0) is 32.2 Å². The van der Waals surface area contributed by atoms with Gasteiger partial charge in [0.05, 0.1) is 32.0 Å². The molecule has 0 spiro atoms. The van der Waals surface area contributed by atoms with Gasteiger partial charge in [-0.3, -0.25) is 4.79 Å². The largest absolute Gasteiger partial charge is 0.390 e. The Morgan fingerprint density at radius 2 is 1.79 bits per heavy atom. The van der Waals surface area contributed by atoms with E-state index in [1.165, 1.54) is 0 Å². The van der Waals surface area contributed by atoms with Crippen molar-refractivity contribution in [2.45, 2.75) is 63.8 Å². The summed E-state index contributed by atoms with van der Waals surface area (Å²) in [6, 6.07) is 15.7. The van der Waals surface area contributed by atoms with Gasteiger partial charge in [0.15, 0.2) is 5.60 Å². The number of aliphatic hydroxyl groups is 2. The smallest absolute Gasteiger partial charge is 0.252 e. The first-order valence-corrected chi connectivity index (χ1v) is 11.3. The van der Waals surface area contributed by atoms with Gasteiger partial charge in [0.1, 0.15) is 6.10 Å². The highest BCUT2D eigenvalue weighted by Crippen LogP contribution is 2.36. The molecule has 1 aliphatic carbocycles. The highest BCUT2D eigenvalue weighted by Gasteiger charge is 2.51. The highest BCUT2D eigenvalue weighted by molar-refractivity contribution is 5.85. The lowest BCUT2D eigenvalue weighted by Crippen LogP contribution is -2.60. The predicted octanol–water partition coefficient (Wildman–Crippen LogP) is 2.42. The van der Waals surface area contributed by atoms with Gasteiger partial charge in [-0.2, -0.15) is 0 Å². The molecule has 1 saturated carbocycles. The topological polar surface area (TPSA) is 97.3 Å². The molecule has 0 aromatic heterocycles. The molecule has 1 unspecified atom stereocenters. The van der Waals surface area contributed by atoms with Crippen molar-refractivity contribution >= 4 is 5.91 Å². The number of carbonyl (C=O) groups excluding carboxylic acids is 1. The van der Waals surface area contributed by atoms with E-state index in [1.54, 1.807) is 7.11 Å². The number of nitrogens with one attached hydrogen (secondary N) is 1. The lowest BCUT2D eigenvalue weighted by atomic mass is 9.78. The summed E-state index contributed by atoms with van der Waals surface area (Å²) in [7, 11) is 1.56. The summed E-state index contributed by atoms with van der Waals surface area (Å²) in [5.41, 5.74) is 2.76. The van der Waals surface area contributed by atoms with E-state index in [0.717, 1.165) is 22.3 Å². The van der Waals surface area contributed by atoms with E-state index in [-0.39, 0.29) is 32.0 Å². The van der Waals surface area contributed by atoms with Crippen LogP contribution in [0.3, 0.4) is 0 Å². The summed E-state index contributed by atoms with van der Waals surface area (Å²) in [4.78, 5) is 13.3. The predicted molar refractivity (Wildman–Crippen MR) is 125 cm³/mol. The Hall–Kier alpha value is -2.29. The third kappa shape index (κ3) is 6.62. The zero-order chi connectivity index (χ0) is 23.8. The molecule has 7 nitrogen and oxygen atoms in total. The second-order valence-electron chi connectivity index (χ2n) is 8.76. The molecule has 0 heterocycles. The van der Waals surface area contributed by atoms with Crippen molar-refractivity contribution in [3.8, 4) is 0 Å². The summed E-state index contributed by atoms with van der Waals surface area (Å²) in [6.07, 6.45) is -2.94. The molecule has 0 radical (unpaired) electrons. The maximum Gasteiger partial charge on any atom is 0.252 e. The Labute approximate surface area is 195 Å². The van der Waals surface area contributed by atoms with Crippen molar-refractivity contribution in [2.75, 3.05) is 20.3 Å². The number of aryl methyl sites for hydroxylation is 2. The number of benzene rings is 2. The Morgan fingerprint density at radius 3 is 2.48 bits per heavy atom. The van der Waals surface area contributed by atoms with Crippen molar-refractivity contribution < 1.29 is 29.2 Å². The van der Waals surface area contributed by atoms with Crippen LogP contribution in [0.15, 0.2) is 48.5 Å². The number of ether oxygens (including phenoxy) is 3. The maximum atomic E-state index is 13.3. The second-order valence-corrected chi connectivity index (χ2v) is 8.76. The van der Waals surface area contributed by atoms with Crippen molar-refractivity contribution in [3.63, 3.8) is 0 Å². The van der Waals surface area contributed by atoms with E-state index < -0.39 is 23.9 Å². The highest BCUT2D eigenvalue weighted by atomic mass is 16.5. The van der Waals surface area contributed by atoms with Gasteiger partial charge in [0, 0.05) is 26.5 Å². The first-order chi connectivity index (χ1) is 15.8. The van der Waals surface area contributed by atoms with Crippen molar-refractivity contribution in [1.29, 1.82) is 0 Å². The average Bonchev–Trinajstić information content (AvgIpc) is 2.81. The lowest BCUT2D eigenvalue weighted by Gasteiger charge is -2.44. The SMILES string of the molecule is COCCNC(=O)[C@@]1(OCc2ccccc2C)CC(OCc2ccc(C)cc2)[C@H](O)[C@H](O)C1. The molecular weight excluding hydrogens is 422 g/mol. The van der Waals surface area contributed by atoms with Gasteiger partial charge in [-0.25, -0.2) is 0 Å². The fraction of sp³-hybridized carbons (Fsp3) is 0.500. The third-order valence-electron chi connectivity index (χ3n) is 6.20. The minimum absolute atomic E-state index is 0.0245. The normalized spacial score (nSPS) is 25.1. The molecule has 4 atom stereocenters. The number of hydrogen-bond acceptors (Lipinski definition) is 6. The van der Waals surface area contributed by atoms with Crippen molar-refractivity contribution in [2.24, 2.45) is 0 Å². The van der Waals surface area contributed by atoms with Crippen LogP contribution in [0.1, 0.15) is 35.1 Å². The van der Waals surface area contributed by atoms with Crippen LogP contribution in [-0.4, -0.2) is 60.3 Å². The van der Waals surface area contributed by atoms with Gasteiger partial charge in [-0.05, 0) is 30.5 Å². The van der Waals surface area contributed by atoms with Crippen LogP contribution in [0.5, 0.6) is 0 Å². The monoisotopic (exact) mass is 457 g/mol. The van der Waals surface area contributed by atoms with E-state index >= 15 is 0 Å². The van der Waals surface area contributed by atoms with E-state index in [4.69, 9.17) is 14.2 Å². The van der Waals surface area contributed by atoms with Crippen LogP contribution in [0.25, 0.3) is 0 Å². The van der Waals surface area contributed by atoms with Crippen LogP contribution in [0, 0.1) is 13.8 Å². The molecule has 1 fully saturated rings. The first kappa shape index (κ1) is 25.3. The molecule has 0 aliphatic heterocycles. The molecule has 3 N–H and O–H groups in total. The average molecular weight is 458 g/mol. The molecule has 180 valence electrons. The Kier molecular flexibility index (Phi) is 9.00. The minimum Gasteiger partial charge on any atom is -0.390 e. The van der Waals surface area contributed by atoms with Gasteiger partial charge >= 0.3 is 0 Å². The number of aliphatic hydroxyl groups excluding tert-OH is 2. The molecule has 0 bridgehead atoms.